The zero-order chi connectivity index (χ0) is 10.4. The van der Waals surface area contributed by atoms with Crippen LogP contribution >= 0.6 is 11.3 Å². The Morgan fingerprint density at radius 3 is 2.93 bits per heavy atom. The number of hydrogen-bond acceptors (Lipinski definition) is 4. The molecule has 1 aromatic heterocycles. The molecule has 4 heteroatoms. The molecule has 0 fully saturated rings. The maximum absolute atomic E-state index is 5.24. The molecule has 0 saturated carbocycles. The highest BCUT2D eigenvalue weighted by Gasteiger charge is 2.12. The first-order chi connectivity index (χ1) is 6.76. The van der Waals surface area contributed by atoms with E-state index in [2.05, 4.69) is 17.2 Å². The second-order valence-electron chi connectivity index (χ2n) is 3.40. The van der Waals surface area contributed by atoms with E-state index in [0.717, 1.165) is 12.8 Å². The van der Waals surface area contributed by atoms with Gasteiger partial charge in [-0.15, -0.1) is 11.3 Å². The third kappa shape index (κ3) is 3.74. The summed E-state index contributed by atoms with van der Waals surface area (Å²) in [5, 5.41) is 6.50. The van der Waals surface area contributed by atoms with E-state index in [0.29, 0.717) is 12.1 Å². The summed E-state index contributed by atoms with van der Waals surface area (Å²) >= 11 is 1.71. The number of nitrogens with one attached hydrogen (secondary N) is 1. The minimum atomic E-state index is 0.299. The number of hydrogen-bond donors (Lipinski definition) is 1. The Labute approximate surface area is 89.5 Å². The molecule has 1 rings (SSSR count). The summed E-state index contributed by atoms with van der Waals surface area (Å²) < 4.78 is 5.24. The van der Waals surface area contributed by atoms with Gasteiger partial charge in [0, 0.05) is 31.1 Å². The van der Waals surface area contributed by atoms with Crippen molar-refractivity contribution >= 4 is 11.3 Å². The Morgan fingerprint density at radius 2 is 2.43 bits per heavy atom. The first-order valence-corrected chi connectivity index (χ1v) is 5.72. The Bertz CT molecular complexity index is 238. The average Bonchev–Trinajstić information content (AvgIpc) is 2.69. The molecular weight excluding hydrogens is 196 g/mol. The fourth-order valence-corrected chi connectivity index (χ4v) is 2.06. The molecule has 2 unspecified atom stereocenters. The van der Waals surface area contributed by atoms with Gasteiger partial charge in [0.1, 0.15) is 0 Å². The molecule has 0 spiro atoms. The van der Waals surface area contributed by atoms with Crippen LogP contribution in [0, 0.1) is 0 Å². The van der Waals surface area contributed by atoms with Gasteiger partial charge in [0.05, 0.1) is 11.1 Å². The largest absolute Gasteiger partial charge is 0.382 e. The number of aromatic nitrogens is 1. The summed E-state index contributed by atoms with van der Waals surface area (Å²) in [6.07, 6.45) is 4.16. The quantitative estimate of drug-likeness (QED) is 0.782. The van der Waals surface area contributed by atoms with Gasteiger partial charge < -0.3 is 10.1 Å². The predicted octanol–water partition coefficient (Wildman–Crippen LogP) is 1.70. The van der Waals surface area contributed by atoms with Crippen LogP contribution in [0.2, 0.25) is 0 Å². The summed E-state index contributed by atoms with van der Waals surface area (Å²) in [6.45, 7) is 2.09. The van der Waals surface area contributed by atoms with E-state index in [9.17, 15) is 0 Å². The van der Waals surface area contributed by atoms with Crippen LogP contribution in [0.25, 0.3) is 0 Å². The molecule has 14 heavy (non-hydrogen) atoms. The number of likely N-dealkylation sites (N-methyl/N-ethyl adjacent to an activating group) is 1. The number of thiazole rings is 1. The fraction of sp³-hybridized carbons (Fsp3) is 0.700. The minimum absolute atomic E-state index is 0.299. The predicted molar refractivity (Wildman–Crippen MR) is 59.8 cm³/mol. The van der Waals surface area contributed by atoms with E-state index in [1.807, 2.05) is 18.6 Å². The van der Waals surface area contributed by atoms with Crippen LogP contribution in [0.3, 0.4) is 0 Å². The molecule has 0 aliphatic carbocycles. The number of methoxy groups -OCH3 is 1. The lowest BCUT2D eigenvalue weighted by Gasteiger charge is -2.18. The highest BCUT2D eigenvalue weighted by atomic mass is 32.1. The first-order valence-electron chi connectivity index (χ1n) is 4.84. The van der Waals surface area contributed by atoms with Crippen LogP contribution in [-0.4, -0.2) is 31.3 Å². The SMILES string of the molecule is CNC(Cc1nccs1)CC(C)OC. The van der Waals surface area contributed by atoms with Gasteiger partial charge in [-0.25, -0.2) is 4.98 Å². The van der Waals surface area contributed by atoms with Crippen molar-refractivity contribution in [2.45, 2.75) is 31.9 Å². The molecule has 1 heterocycles. The summed E-state index contributed by atoms with van der Waals surface area (Å²) in [5.74, 6) is 0. The van der Waals surface area contributed by atoms with Crippen LogP contribution in [0.15, 0.2) is 11.6 Å². The van der Waals surface area contributed by atoms with Crippen molar-refractivity contribution in [1.29, 1.82) is 0 Å². The van der Waals surface area contributed by atoms with E-state index >= 15 is 0 Å². The van der Waals surface area contributed by atoms with E-state index in [1.54, 1.807) is 18.4 Å². The molecule has 0 amide bonds. The second kappa shape index (κ2) is 6.11. The Kier molecular flexibility index (Phi) is 5.07. The maximum Gasteiger partial charge on any atom is 0.0940 e. The van der Waals surface area contributed by atoms with Gasteiger partial charge in [0.2, 0.25) is 0 Å². The van der Waals surface area contributed by atoms with Gasteiger partial charge in [-0.1, -0.05) is 0 Å². The monoisotopic (exact) mass is 214 g/mol. The Morgan fingerprint density at radius 1 is 1.64 bits per heavy atom. The molecule has 0 bridgehead atoms. The van der Waals surface area contributed by atoms with E-state index in [-0.39, 0.29) is 0 Å². The second-order valence-corrected chi connectivity index (χ2v) is 4.38. The number of nitrogens with zero attached hydrogens (tertiary/aromatic N) is 1. The van der Waals surface area contributed by atoms with Crippen LogP contribution in [0.5, 0.6) is 0 Å². The molecule has 3 nitrogen and oxygen atoms in total. The molecule has 0 radical (unpaired) electrons. The fourth-order valence-electron chi connectivity index (χ4n) is 1.36. The number of ether oxygens (including phenoxy) is 1. The average molecular weight is 214 g/mol. The number of rotatable bonds is 6. The van der Waals surface area contributed by atoms with Crippen molar-refractivity contribution in [2.24, 2.45) is 0 Å². The van der Waals surface area contributed by atoms with Gasteiger partial charge >= 0.3 is 0 Å². The van der Waals surface area contributed by atoms with Crippen LogP contribution in [0.1, 0.15) is 18.4 Å². The topological polar surface area (TPSA) is 34.2 Å². The van der Waals surface area contributed by atoms with Gasteiger partial charge in [-0.2, -0.15) is 0 Å². The van der Waals surface area contributed by atoms with E-state index < -0.39 is 0 Å². The lowest BCUT2D eigenvalue weighted by molar-refractivity contribution is 0.101. The van der Waals surface area contributed by atoms with Crippen molar-refractivity contribution in [3.8, 4) is 0 Å². The Hall–Kier alpha value is -0.450. The molecule has 0 aliphatic rings. The smallest absolute Gasteiger partial charge is 0.0940 e. The van der Waals surface area contributed by atoms with Crippen molar-refractivity contribution in [2.75, 3.05) is 14.2 Å². The van der Waals surface area contributed by atoms with Gasteiger partial charge in [-0.05, 0) is 20.4 Å². The van der Waals surface area contributed by atoms with Gasteiger partial charge in [0.15, 0.2) is 0 Å². The normalized spacial score (nSPS) is 15.4. The molecule has 80 valence electrons. The first kappa shape index (κ1) is 11.6. The third-order valence-electron chi connectivity index (χ3n) is 2.33. The zero-order valence-corrected chi connectivity index (χ0v) is 9.80. The van der Waals surface area contributed by atoms with Crippen molar-refractivity contribution in [3.05, 3.63) is 16.6 Å². The van der Waals surface area contributed by atoms with Crippen LogP contribution in [-0.2, 0) is 11.2 Å². The molecule has 1 N–H and O–H groups in total. The molecule has 0 aromatic carbocycles. The highest BCUT2D eigenvalue weighted by molar-refractivity contribution is 7.09. The van der Waals surface area contributed by atoms with Gasteiger partial charge in [0.25, 0.3) is 0 Å². The van der Waals surface area contributed by atoms with E-state index in [4.69, 9.17) is 4.74 Å². The van der Waals surface area contributed by atoms with Crippen molar-refractivity contribution in [3.63, 3.8) is 0 Å². The van der Waals surface area contributed by atoms with Crippen LogP contribution < -0.4 is 5.32 Å². The lowest BCUT2D eigenvalue weighted by Crippen LogP contribution is -2.31. The standard InChI is InChI=1S/C10H18N2OS/c1-8(13-3)6-9(11-2)7-10-12-4-5-14-10/h4-5,8-9,11H,6-7H2,1-3H3. The van der Waals surface area contributed by atoms with Crippen molar-refractivity contribution < 1.29 is 4.74 Å². The Balaban J connectivity index is 2.39. The van der Waals surface area contributed by atoms with E-state index in [1.165, 1.54) is 5.01 Å². The molecule has 2 atom stereocenters. The highest BCUT2D eigenvalue weighted by Crippen LogP contribution is 2.11. The summed E-state index contributed by atoms with van der Waals surface area (Å²) in [7, 11) is 3.74. The summed E-state index contributed by atoms with van der Waals surface area (Å²) in [4.78, 5) is 4.27. The minimum Gasteiger partial charge on any atom is -0.382 e. The molecule has 0 aliphatic heterocycles. The summed E-state index contributed by atoms with van der Waals surface area (Å²) in [6, 6.07) is 0.455. The summed E-state index contributed by atoms with van der Waals surface area (Å²) in [5.41, 5.74) is 0. The van der Waals surface area contributed by atoms with Crippen molar-refractivity contribution in [1.82, 2.24) is 10.3 Å². The third-order valence-corrected chi connectivity index (χ3v) is 3.13. The van der Waals surface area contributed by atoms with Gasteiger partial charge in [-0.3, -0.25) is 0 Å². The molecule has 0 saturated heterocycles. The molecule has 1 aromatic rings. The zero-order valence-electron chi connectivity index (χ0n) is 8.99. The molecular formula is C10H18N2OS. The maximum atomic E-state index is 5.24. The van der Waals surface area contributed by atoms with Crippen LogP contribution in [0.4, 0.5) is 0 Å². The lowest BCUT2D eigenvalue weighted by atomic mass is 10.1.